The SMILES string of the molecule is CCOc1cc2occ(-c3ccc(OC)cc3)c2cc1/C(C)=C/C(=O)NC(C)c1ccccc1. The second-order valence-corrected chi connectivity index (χ2v) is 8.12. The summed E-state index contributed by atoms with van der Waals surface area (Å²) in [7, 11) is 1.65. The third kappa shape index (κ3) is 4.99. The zero-order chi connectivity index (χ0) is 24.1. The number of carbonyl (C=O) groups excluding carboxylic acids is 1. The average Bonchev–Trinajstić information content (AvgIpc) is 3.27. The minimum atomic E-state index is -0.154. The van der Waals surface area contributed by atoms with Gasteiger partial charge >= 0.3 is 0 Å². The van der Waals surface area contributed by atoms with Crippen LogP contribution in [0.2, 0.25) is 0 Å². The van der Waals surface area contributed by atoms with Crippen molar-refractivity contribution in [3.63, 3.8) is 0 Å². The van der Waals surface area contributed by atoms with Gasteiger partial charge in [-0.05, 0) is 55.7 Å². The molecular formula is C29H29NO4. The van der Waals surface area contributed by atoms with Crippen molar-refractivity contribution in [3.05, 3.63) is 90.2 Å². The molecule has 0 spiro atoms. The summed E-state index contributed by atoms with van der Waals surface area (Å²) in [5.74, 6) is 1.33. The Morgan fingerprint density at radius 2 is 1.82 bits per heavy atom. The lowest BCUT2D eigenvalue weighted by molar-refractivity contribution is -0.117. The van der Waals surface area contributed by atoms with Crippen molar-refractivity contribution in [1.29, 1.82) is 0 Å². The molecule has 1 heterocycles. The molecule has 3 aromatic carbocycles. The minimum absolute atomic E-state index is 0.0952. The summed E-state index contributed by atoms with van der Waals surface area (Å²) in [6, 6.07) is 21.6. The van der Waals surface area contributed by atoms with E-state index in [-0.39, 0.29) is 11.9 Å². The van der Waals surface area contributed by atoms with Crippen LogP contribution in [-0.2, 0) is 4.79 Å². The van der Waals surface area contributed by atoms with Crippen LogP contribution in [0, 0.1) is 0 Å². The summed E-state index contributed by atoms with van der Waals surface area (Å²) in [5, 5.41) is 4.00. The van der Waals surface area contributed by atoms with E-state index >= 15 is 0 Å². The Hall–Kier alpha value is -3.99. The molecule has 0 radical (unpaired) electrons. The van der Waals surface area contributed by atoms with Gasteiger partial charge in [-0.25, -0.2) is 0 Å². The lowest BCUT2D eigenvalue weighted by Crippen LogP contribution is -2.24. The first-order valence-corrected chi connectivity index (χ1v) is 11.4. The number of rotatable bonds is 8. The first-order chi connectivity index (χ1) is 16.5. The van der Waals surface area contributed by atoms with Gasteiger partial charge in [-0.1, -0.05) is 42.5 Å². The monoisotopic (exact) mass is 455 g/mol. The zero-order valence-electron chi connectivity index (χ0n) is 19.9. The van der Waals surface area contributed by atoms with Crippen LogP contribution in [-0.4, -0.2) is 19.6 Å². The first kappa shape index (κ1) is 23.2. The van der Waals surface area contributed by atoms with E-state index in [1.807, 2.05) is 87.5 Å². The number of nitrogens with one attached hydrogen (secondary N) is 1. The highest BCUT2D eigenvalue weighted by Crippen LogP contribution is 2.38. The standard InChI is InChI=1S/C29H29NO4/c1-5-33-27-17-28-25(26(18-34-28)22-11-13-23(32-4)14-12-22)16-24(27)19(2)15-29(31)30-20(3)21-9-7-6-8-10-21/h6-18,20H,5H2,1-4H3,(H,30,31)/b19-15+. The van der Waals surface area contributed by atoms with Crippen molar-refractivity contribution in [2.45, 2.75) is 26.8 Å². The topological polar surface area (TPSA) is 60.7 Å². The van der Waals surface area contributed by atoms with Crippen LogP contribution in [0.5, 0.6) is 11.5 Å². The van der Waals surface area contributed by atoms with Crippen LogP contribution in [0.1, 0.15) is 37.9 Å². The minimum Gasteiger partial charge on any atom is -0.497 e. The molecule has 1 amide bonds. The van der Waals surface area contributed by atoms with Gasteiger partial charge in [0.15, 0.2) is 0 Å². The number of hydrogen-bond acceptors (Lipinski definition) is 4. The van der Waals surface area contributed by atoms with Crippen LogP contribution in [0.4, 0.5) is 0 Å². The molecule has 0 saturated carbocycles. The maximum atomic E-state index is 12.8. The fourth-order valence-corrected chi connectivity index (χ4v) is 3.99. The fraction of sp³-hybridized carbons (Fsp3) is 0.207. The summed E-state index contributed by atoms with van der Waals surface area (Å²) >= 11 is 0. The highest BCUT2D eigenvalue weighted by molar-refractivity contribution is 6.00. The number of carbonyl (C=O) groups is 1. The van der Waals surface area contributed by atoms with Crippen LogP contribution in [0.3, 0.4) is 0 Å². The van der Waals surface area contributed by atoms with E-state index in [0.717, 1.165) is 44.5 Å². The van der Waals surface area contributed by atoms with Gasteiger partial charge in [-0.3, -0.25) is 4.79 Å². The van der Waals surface area contributed by atoms with Crippen molar-refractivity contribution in [2.75, 3.05) is 13.7 Å². The second kappa shape index (κ2) is 10.3. The lowest BCUT2D eigenvalue weighted by Gasteiger charge is -2.14. The van der Waals surface area contributed by atoms with Gasteiger partial charge in [0.1, 0.15) is 17.1 Å². The van der Waals surface area contributed by atoms with Gasteiger partial charge in [0.25, 0.3) is 0 Å². The third-order valence-electron chi connectivity index (χ3n) is 5.81. The van der Waals surface area contributed by atoms with Crippen LogP contribution >= 0.6 is 0 Å². The van der Waals surface area contributed by atoms with Crippen LogP contribution in [0.15, 0.2) is 83.5 Å². The molecule has 1 N–H and O–H groups in total. The Morgan fingerprint density at radius 1 is 1.09 bits per heavy atom. The number of hydrogen-bond donors (Lipinski definition) is 1. The van der Waals surface area contributed by atoms with Crippen molar-refractivity contribution < 1.29 is 18.7 Å². The number of amides is 1. The van der Waals surface area contributed by atoms with Gasteiger partial charge < -0.3 is 19.2 Å². The van der Waals surface area contributed by atoms with Gasteiger partial charge in [-0.2, -0.15) is 0 Å². The Balaban J connectivity index is 1.67. The molecule has 0 bridgehead atoms. The molecule has 174 valence electrons. The normalized spacial score (nSPS) is 12.4. The molecule has 5 heteroatoms. The number of furan rings is 1. The Labute approximate surface area is 200 Å². The Bertz CT molecular complexity index is 1300. The predicted molar refractivity (Wildman–Crippen MR) is 136 cm³/mol. The predicted octanol–water partition coefficient (Wildman–Crippen LogP) is 6.79. The zero-order valence-corrected chi connectivity index (χ0v) is 19.9. The number of fused-ring (bicyclic) bond motifs is 1. The van der Waals surface area contributed by atoms with E-state index in [1.165, 1.54) is 0 Å². The summed E-state index contributed by atoms with van der Waals surface area (Å²) in [6.45, 7) is 6.34. The molecular weight excluding hydrogens is 426 g/mol. The van der Waals surface area contributed by atoms with Gasteiger partial charge in [0.2, 0.25) is 5.91 Å². The maximum Gasteiger partial charge on any atom is 0.244 e. The smallest absolute Gasteiger partial charge is 0.244 e. The summed E-state index contributed by atoms with van der Waals surface area (Å²) in [6.07, 6.45) is 3.37. The number of benzene rings is 3. The van der Waals surface area contributed by atoms with Gasteiger partial charge in [0, 0.05) is 28.7 Å². The molecule has 1 unspecified atom stereocenters. The molecule has 5 nitrogen and oxygen atoms in total. The first-order valence-electron chi connectivity index (χ1n) is 11.4. The highest BCUT2D eigenvalue weighted by Gasteiger charge is 2.16. The summed E-state index contributed by atoms with van der Waals surface area (Å²) < 4.78 is 17.0. The van der Waals surface area contributed by atoms with Crippen LogP contribution in [0.25, 0.3) is 27.7 Å². The van der Waals surface area contributed by atoms with Crippen molar-refractivity contribution in [2.24, 2.45) is 0 Å². The van der Waals surface area contributed by atoms with Gasteiger partial charge in [0.05, 0.1) is 26.0 Å². The molecule has 4 aromatic rings. The summed E-state index contributed by atoms with van der Waals surface area (Å²) in [4.78, 5) is 12.8. The molecule has 0 aliphatic heterocycles. The number of allylic oxidation sites excluding steroid dienone is 1. The fourth-order valence-electron chi connectivity index (χ4n) is 3.99. The number of methoxy groups -OCH3 is 1. The van der Waals surface area contributed by atoms with E-state index in [1.54, 1.807) is 19.4 Å². The number of ether oxygens (including phenoxy) is 2. The molecule has 1 aromatic heterocycles. The van der Waals surface area contributed by atoms with Crippen molar-refractivity contribution in [1.82, 2.24) is 5.32 Å². The molecule has 0 aliphatic carbocycles. The van der Waals surface area contributed by atoms with Crippen molar-refractivity contribution in [3.8, 4) is 22.6 Å². The van der Waals surface area contributed by atoms with E-state index in [9.17, 15) is 4.79 Å². The molecule has 0 aliphatic rings. The van der Waals surface area contributed by atoms with Crippen molar-refractivity contribution >= 4 is 22.4 Å². The van der Waals surface area contributed by atoms with Gasteiger partial charge in [-0.15, -0.1) is 0 Å². The molecule has 4 rings (SSSR count). The van der Waals surface area contributed by atoms with E-state index < -0.39 is 0 Å². The Kier molecular flexibility index (Phi) is 7.02. The van der Waals surface area contributed by atoms with E-state index in [4.69, 9.17) is 13.9 Å². The largest absolute Gasteiger partial charge is 0.497 e. The lowest BCUT2D eigenvalue weighted by atomic mass is 9.99. The molecule has 0 saturated heterocycles. The second-order valence-electron chi connectivity index (χ2n) is 8.12. The average molecular weight is 456 g/mol. The summed E-state index contributed by atoms with van der Waals surface area (Å²) in [5.41, 5.74) is 5.44. The molecule has 0 fully saturated rings. The maximum absolute atomic E-state index is 12.8. The quantitative estimate of drug-likeness (QED) is 0.297. The van der Waals surface area contributed by atoms with E-state index in [0.29, 0.717) is 12.4 Å². The molecule has 1 atom stereocenters. The van der Waals surface area contributed by atoms with E-state index in [2.05, 4.69) is 5.32 Å². The highest BCUT2D eigenvalue weighted by atomic mass is 16.5. The third-order valence-corrected chi connectivity index (χ3v) is 5.81. The van der Waals surface area contributed by atoms with Crippen LogP contribution < -0.4 is 14.8 Å². The Morgan fingerprint density at radius 3 is 2.50 bits per heavy atom. The molecule has 34 heavy (non-hydrogen) atoms.